The number of hydrogen-bond acceptors (Lipinski definition) is 8. The van der Waals surface area contributed by atoms with Gasteiger partial charge in [0.15, 0.2) is 5.75 Å². The van der Waals surface area contributed by atoms with Gasteiger partial charge in [-0.25, -0.2) is 4.98 Å². The van der Waals surface area contributed by atoms with E-state index in [1.165, 1.54) is 30.5 Å². The molecule has 2 heterocycles. The number of nitrogens with one attached hydrogen (secondary N) is 2. The fourth-order valence-electron chi connectivity index (χ4n) is 3.08. The van der Waals surface area contributed by atoms with E-state index in [0.29, 0.717) is 16.8 Å². The van der Waals surface area contributed by atoms with Crippen molar-refractivity contribution < 1.29 is 32.0 Å². The van der Waals surface area contributed by atoms with Crippen molar-refractivity contribution in [1.29, 1.82) is 0 Å². The molecule has 0 spiro atoms. The van der Waals surface area contributed by atoms with Gasteiger partial charge in [0.2, 0.25) is 5.89 Å². The summed E-state index contributed by atoms with van der Waals surface area (Å²) in [4.78, 5) is 15.3. The number of nitrogens with zero attached hydrogens (tertiary/aromatic N) is 2. The van der Waals surface area contributed by atoms with E-state index in [9.17, 15) is 23.3 Å². The monoisotopic (exact) mass is 462 g/mol. The molecule has 2 aromatic carbocycles. The Balaban J connectivity index is 1.52. The normalized spacial score (nSPS) is 14.4. The summed E-state index contributed by atoms with van der Waals surface area (Å²) >= 11 is 0. The van der Waals surface area contributed by atoms with Crippen LogP contribution in [0.1, 0.15) is 6.92 Å². The van der Waals surface area contributed by atoms with Crippen LogP contribution in [0.5, 0.6) is 11.5 Å². The minimum Gasteiger partial charge on any atom is -0.482 e. The lowest BCUT2D eigenvalue weighted by Gasteiger charge is -2.25. The highest BCUT2D eigenvalue weighted by atomic mass is 19.4. The number of ether oxygens (including phenoxy) is 2. The first-order valence-corrected chi connectivity index (χ1v) is 9.56. The summed E-state index contributed by atoms with van der Waals surface area (Å²) in [5, 5.41) is 17.7. The second-order valence-electron chi connectivity index (χ2n) is 7.29. The van der Waals surface area contributed by atoms with Gasteiger partial charge in [-0.3, -0.25) is 10.1 Å². The van der Waals surface area contributed by atoms with Crippen molar-refractivity contribution in [3.63, 3.8) is 0 Å². The molecule has 1 aromatic heterocycles. The highest BCUT2D eigenvalue weighted by Crippen LogP contribution is 2.34. The number of nitro groups is 1. The summed E-state index contributed by atoms with van der Waals surface area (Å²) in [5.41, 5.74) is 0.286. The van der Waals surface area contributed by atoms with Gasteiger partial charge in [-0.15, -0.1) is 13.2 Å². The number of alkyl halides is 3. The number of nitro benzene ring substituents is 1. The van der Waals surface area contributed by atoms with Gasteiger partial charge in [0.05, 0.1) is 4.92 Å². The maximum absolute atomic E-state index is 12.3. The van der Waals surface area contributed by atoms with Gasteiger partial charge in [-0.05, 0) is 43.3 Å². The van der Waals surface area contributed by atoms with Crippen LogP contribution in [-0.4, -0.2) is 28.5 Å². The van der Waals surface area contributed by atoms with Crippen molar-refractivity contribution in [1.82, 2.24) is 15.6 Å². The Morgan fingerprint density at radius 2 is 1.79 bits per heavy atom. The second-order valence-corrected chi connectivity index (χ2v) is 7.29. The molecule has 12 heteroatoms. The predicted octanol–water partition coefficient (Wildman–Crippen LogP) is 4.57. The van der Waals surface area contributed by atoms with E-state index in [1.54, 1.807) is 18.5 Å². The van der Waals surface area contributed by atoms with Crippen LogP contribution in [0.15, 0.2) is 65.5 Å². The van der Waals surface area contributed by atoms with Crippen molar-refractivity contribution in [2.75, 3.05) is 6.61 Å². The Bertz CT molecular complexity index is 1180. The molecule has 0 radical (unpaired) electrons. The third kappa shape index (κ3) is 5.17. The Morgan fingerprint density at radius 3 is 2.42 bits per heavy atom. The number of oxazole rings is 1. The number of benzene rings is 2. The number of rotatable bonds is 7. The largest absolute Gasteiger partial charge is 0.573 e. The molecular formula is C21H17F3N4O5. The average Bonchev–Trinajstić information content (AvgIpc) is 3.42. The third-order valence-corrected chi connectivity index (χ3v) is 4.69. The van der Waals surface area contributed by atoms with Gasteiger partial charge >= 0.3 is 12.0 Å². The van der Waals surface area contributed by atoms with Crippen LogP contribution in [0.4, 0.5) is 18.9 Å². The first-order chi connectivity index (χ1) is 15.6. The second kappa shape index (κ2) is 8.37. The van der Waals surface area contributed by atoms with Crippen LogP contribution < -0.4 is 20.1 Å². The molecule has 0 aliphatic carbocycles. The molecule has 1 aliphatic rings. The van der Waals surface area contributed by atoms with Crippen molar-refractivity contribution in [2.45, 2.75) is 18.9 Å². The standard InChI is InChI=1S/C21H17F3N4O5/c1-20(25-8-9-26-20)12-32-18-7-4-14(10-17(18)28(29)30)16-11-31-19(27-16)13-2-5-15(6-3-13)33-21(22,23)24/h2-11,25-26H,12H2,1H3. The molecular weight excluding hydrogens is 445 g/mol. The quantitative estimate of drug-likeness (QED) is 0.388. The maximum atomic E-state index is 12.3. The van der Waals surface area contributed by atoms with Crippen molar-refractivity contribution >= 4 is 5.69 Å². The zero-order valence-electron chi connectivity index (χ0n) is 17.1. The zero-order valence-corrected chi connectivity index (χ0v) is 17.1. The molecule has 4 rings (SSSR count). The number of halogens is 3. The first kappa shape index (κ1) is 22.0. The van der Waals surface area contributed by atoms with E-state index in [-0.39, 0.29) is 29.7 Å². The van der Waals surface area contributed by atoms with Crippen LogP contribution in [0.25, 0.3) is 22.7 Å². The lowest BCUT2D eigenvalue weighted by atomic mass is 10.1. The lowest BCUT2D eigenvalue weighted by molar-refractivity contribution is -0.385. The zero-order chi connectivity index (χ0) is 23.6. The van der Waals surface area contributed by atoms with Gasteiger partial charge < -0.3 is 24.5 Å². The molecule has 0 amide bonds. The molecule has 172 valence electrons. The van der Waals surface area contributed by atoms with Gasteiger partial charge in [-0.1, -0.05) is 0 Å². The Labute approximate surface area is 185 Å². The Morgan fingerprint density at radius 1 is 1.12 bits per heavy atom. The molecule has 1 aliphatic heterocycles. The highest BCUT2D eigenvalue weighted by Gasteiger charge is 2.31. The minimum absolute atomic E-state index is 0.0875. The van der Waals surface area contributed by atoms with E-state index < -0.39 is 16.9 Å². The molecule has 9 nitrogen and oxygen atoms in total. The van der Waals surface area contributed by atoms with Crippen LogP contribution >= 0.6 is 0 Å². The molecule has 0 fully saturated rings. The molecule has 0 unspecified atom stereocenters. The molecule has 33 heavy (non-hydrogen) atoms. The van der Waals surface area contributed by atoms with E-state index in [0.717, 1.165) is 12.1 Å². The van der Waals surface area contributed by atoms with Crippen molar-refractivity contribution in [3.8, 4) is 34.2 Å². The van der Waals surface area contributed by atoms with Crippen LogP contribution in [0.3, 0.4) is 0 Å². The third-order valence-electron chi connectivity index (χ3n) is 4.69. The number of hydrogen-bond donors (Lipinski definition) is 2. The topological polar surface area (TPSA) is 112 Å². The van der Waals surface area contributed by atoms with E-state index in [2.05, 4.69) is 20.4 Å². The fourth-order valence-corrected chi connectivity index (χ4v) is 3.08. The molecule has 0 saturated carbocycles. The van der Waals surface area contributed by atoms with E-state index in [4.69, 9.17) is 9.15 Å². The predicted molar refractivity (Wildman–Crippen MR) is 110 cm³/mol. The van der Waals surface area contributed by atoms with E-state index >= 15 is 0 Å². The average molecular weight is 462 g/mol. The Kier molecular flexibility index (Phi) is 5.58. The summed E-state index contributed by atoms with van der Waals surface area (Å²) in [6, 6.07) is 9.36. The van der Waals surface area contributed by atoms with Crippen LogP contribution in [-0.2, 0) is 0 Å². The number of aromatic nitrogens is 1. The summed E-state index contributed by atoms with van der Waals surface area (Å²) in [5.74, 6) is -0.160. The maximum Gasteiger partial charge on any atom is 0.573 e. The first-order valence-electron chi connectivity index (χ1n) is 9.56. The Hall–Kier alpha value is -4.22. The van der Waals surface area contributed by atoms with Crippen molar-refractivity contribution in [3.05, 3.63) is 71.2 Å². The molecule has 0 saturated heterocycles. The van der Waals surface area contributed by atoms with Gasteiger partial charge in [0, 0.05) is 29.6 Å². The van der Waals surface area contributed by atoms with Crippen LogP contribution in [0.2, 0.25) is 0 Å². The molecule has 2 N–H and O–H groups in total. The summed E-state index contributed by atoms with van der Waals surface area (Å²) in [6.07, 6.45) is -0.0745. The van der Waals surface area contributed by atoms with Gasteiger partial charge in [-0.2, -0.15) is 0 Å². The van der Waals surface area contributed by atoms with Gasteiger partial charge in [0.1, 0.15) is 30.0 Å². The molecule has 3 aromatic rings. The summed E-state index contributed by atoms with van der Waals surface area (Å²) in [7, 11) is 0. The highest BCUT2D eigenvalue weighted by molar-refractivity contribution is 5.67. The fraction of sp³-hybridized carbons (Fsp3) is 0.190. The molecule has 0 atom stereocenters. The summed E-state index contributed by atoms with van der Waals surface area (Å²) < 4.78 is 51.8. The lowest BCUT2D eigenvalue weighted by Crippen LogP contribution is -2.50. The smallest absolute Gasteiger partial charge is 0.482 e. The summed E-state index contributed by atoms with van der Waals surface area (Å²) in [6.45, 7) is 1.97. The minimum atomic E-state index is -4.79. The van der Waals surface area contributed by atoms with Gasteiger partial charge in [0.25, 0.3) is 0 Å². The van der Waals surface area contributed by atoms with Crippen LogP contribution in [0, 0.1) is 10.1 Å². The van der Waals surface area contributed by atoms with Crippen molar-refractivity contribution in [2.24, 2.45) is 0 Å². The SMILES string of the molecule is CC1(COc2ccc(-c3coc(-c4ccc(OC(F)(F)F)cc4)n3)cc2[N+](=O)[O-])NC=CN1. The molecule has 0 bridgehead atoms. The van der Waals surface area contributed by atoms with E-state index in [1.807, 2.05) is 6.92 Å².